The van der Waals surface area contributed by atoms with E-state index in [9.17, 15) is 9.18 Å². The minimum absolute atomic E-state index is 0.304. The molecule has 0 aliphatic carbocycles. The molecular weight excluding hydrogens is 467 g/mol. The first-order valence-corrected chi connectivity index (χ1v) is 12.1. The minimum atomic E-state index is -0.522. The molecule has 0 radical (unpaired) electrons. The third-order valence-corrected chi connectivity index (χ3v) is 6.37. The number of aromatic amines is 1. The lowest BCUT2D eigenvalue weighted by molar-refractivity contribution is 0.0270. The van der Waals surface area contributed by atoms with Crippen LogP contribution in [-0.4, -0.2) is 49.6 Å². The van der Waals surface area contributed by atoms with Gasteiger partial charge in [-0.1, -0.05) is 6.08 Å². The van der Waals surface area contributed by atoms with Gasteiger partial charge in [0.2, 0.25) is 0 Å². The van der Waals surface area contributed by atoms with Gasteiger partial charge < -0.3 is 19.9 Å². The predicted molar refractivity (Wildman–Crippen MR) is 135 cm³/mol. The number of hydrogen-bond acceptors (Lipinski definition) is 7. The Morgan fingerprint density at radius 3 is 2.83 bits per heavy atom. The summed E-state index contributed by atoms with van der Waals surface area (Å²) in [6.07, 6.45) is 5.55. The predicted octanol–water partition coefficient (Wildman–Crippen LogP) is 5.99. The van der Waals surface area contributed by atoms with Crippen molar-refractivity contribution in [2.45, 2.75) is 32.8 Å². The average Bonchev–Trinajstić information content (AvgIpc) is 3.50. The number of thiazole rings is 1. The van der Waals surface area contributed by atoms with Crippen LogP contribution in [0.2, 0.25) is 0 Å². The number of fused-ring (bicyclic) bond motifs is 1. The van der Waals surface area contributed by atoms with Gasteiger partial charge in [0.25, 0.3) is 0 Å². The van der Waals surface area contributed by atoms with Crippen LogP contribution in [0.3, 0.4) is 0 Å². The molecule has 4 heterocycles. The van der Waals surface area contributed by atoms with E-state index in [0.717, 1.165) is 21.5 Å². The standard InChI is InChI=1S/C25H25FN6O2S/c1-25(2,3)34-24(33)32-8-6-15(7-9-32)20-11-18-22(28-13-29-23(18)31-20)30-16-4-5-19(26)17(10-16)21-12-27-14-35-21/h4-6,10-14H,7-9H2,1-3H3,(H2,28,29,30,31). The van der Waals surface area contributed by atoms with Crippen molar-refractivity contribution in [3.8, 4) is 10.4 Å². The average molecular weight is 493 g/mol. The Hall–Kier alpha value is -3.79. The van der Waals surface area contributed by atoms with Gasteiger partial charge in [0.1, 0.15) is 29.2 Å². The van der Waals surface area contributed by atoms with E-state index in [1.807, 2.05) is 32.9 Å². The molecule has 8 nitrogen and oxygen atoms in total. The molecule has 10 heteroatoms. The summed E-state index contributed by atoms with van der Waals surface area (Å²) < 4.78 is 19.8. The quantitative estimate of drug-likeness (QED) is 0.363. The van der Waals surface area contributed by atoms with Crippen LogP contribution in [0.25, 0.3) is 27.0 Å². The van der Waals surface area contributed by atoms with Crippen molar-refractivity contribution in [3.63, 3.8) is 0 Å². The van der Waals surface area contributed by atoms with Gasteiger partial charge in [-0.3, -0.25) is 4.98 Å². The van der Waals surface area contributed by atoms with E-state index >= 15 is 0 Å². The second kappa shape index (κ2) is 9.10. The fraction of sp³-hybridized carbons (Fsp3) is 0.280. The summed E-state index contributed by atoms with van der Waals surface area (Å²) in [5, 5.41) is 4.11. The zero-order valence-corrected chi connectivity index (χ0v) is 20.4. The van der Waals surface area contributed by atoms with Crippen molar-refractivity contribution >= 4 is 45.5 Å². The molecule has 180 valence electrons. The molecule has 1 amide bonds. The van der Waals surface area contributed by atoms with Crippen LogP contribution in [0.15, 0.2) is 48.4 Å². The fourth-order valence-corrected chi connectivity index (χ4v) is 4.54. The highest BCUT2D eigenvalue weighted by Crippen LogP contribution is 2.32. The Morgan fingerprint density at radius 2 is 2.11 bits per heavy atom. The molecule has 0 saturated heterocycles. The number of nitrogens with zero attached hydrogens (tertiary/aromatic N) is 4. The number of amides is 1. The molecule has 0 unspecified atom stereocenters. The van der Waals surface area contributed by atoms with Gasteiger partial charge in [0.15, 0.2) is 0 Å². The van der Waals surface area contributed by atoms with E-state index in [2.05, 4.69) is 25.3 Å². The molecule has 0 saturated carbocycles. The van der Waals surface area contributed by atoms with Gasteiger partial charge in [0, 0.05) is 36.2 Å². The SMILES string of the molecule is CC(C)(C)OC(=O)N1CC=C(c2cc3c(Nc4ccc(F)c(-c5cncs5)c4)ncnc3[nH]2)CC1. The fourth-order valence-electron chi connectivity index (χ4n) is 3.90. The summed E-state index contributed by atoms with van der Waals surface area (Å²) >= 11 is 1.38. The number of rotatable bonds is 4. The Kier molecular flexibility index (Phi) is 5.98. The van der Waals surface area contributed by atoms with Gasteiger partial charge in [0.05, 0.1) is 15.8 Å². The first-order valence-electron chi connectivity index (χ1n) is 11.2. The van der Waals surface area contributed by atoms with Crippen LogP contribution in [0.5, 0.6) is 0 Å². The number of carbonyl (C=O) groups is 1. The molecule has 0 spiro atoms. The van der Waals surface area contributed by atoms with E-state index in [1.54, 1.807) is 28.7 Å². The number of anilines is 2. The molecule has 0 atom stereocenters. The van der Waals surface area contributed by atoms with E-state index in [-0.39, 0.29) is 11.9 Å². The van der Waals surface area contributed by atoms with Gasteiger partial charge in [-0.15, -0.1) is 11.3 Å². The third kappa shape index (κ3) is 5.02. The van der Waals surface area contributed by atoms with Gasteiger partial charge in [-0.2, -0.15) is 0 Å². The lowest BCUT2D eigenvalue weighted by Crippen LogP contribution is -2.39. The van der Waals surface area contributed by atoms with Crippen molar-refractivity contribution in [1.82, 2.24) is 24.8 Å². The molecule has 35 heavy (non-hydrogen) atoms. The Morgan fingerprint density at radius 1 is 1.26 bits per heavy atom. The lowest BCUT2D eigenvalue weighted by Gasteiger charge is -2.29. The van der Waals surface area contributed by atoms with E-state index in [1.165, 1.54) is 23.7 Å². The summed E-state index contributed by atoms with van der Waals surface area (Å²) in [7, 11) is 0. The first kappa shape index (κ1) is 23.0. The molecule has 0 fully saturated rings. The van der Waals surface area contributed by atoms with E-state index in [4.69, 9.17) is 4.74 Å². The number of carbonyl (C=O) groups excluding carboxylic acids is 1. The Labute approximate surface area is 205 Å². The number of H-pyrrole nitrogens is 1. The van der Waals surface area contributed by atoms with E-state index in [0.29, 0.717) is 42.2 Å². The Balaban J connectivity index is 1.37. The molecule has 4 aromatic rings. The Bertz CT molecular complexity index is 1410. The maximum atomic E-state index is 14.4. The van der Waals surface area contributed by atoms with Crippen LogP contribution in [0.1, 0.15) is 32.9 Å². The lowest BCUT2D eigenvalue weighted by atomic mass is 10.1. The van der Waals surface area contributed by atoms with Crippen LogP contribution >= 0.6 is 11.3 Å². The highest BCUT2D eigenvalue weighted by atomic mass is 32.1. The third-order valence-electron chi connectivity index (χ3n) is 5.56. The summed E-state index contributed by atoms with van der Waals surface area (Å²) in [5.74, 6) is 0.312. The maximum Gasteiger partial charge on any atom is 0.410 e. The molecule has 1 aliphatic rings. The van der Waals surface area contributed by atoms with Crippen LogP contribution in [-0.2, 0) is 4.74 Å². The van der Waals surface area contributed by atoms with Crippen molar-refractivity contribution in [1.29, 1.82) is 0 Å². The number of benzene rings is 1. The summed E-state index contributed by atoms with van der Waals surface area (Å²) in [6.45, 7) is 6.63. The number of nitrogens with one attached hydrogen (secondary N) is 2. The number of halogens is 1. The number of aromatic nitrogens is 4. The minimum Gasteiger partial charge on any atom is -0.444 e. The number of hydrogen-bond donors (Lipinski definition) is 2. The highest BCUT2D eigenvalue weighted by Gasteiger charge is 2.24. The molecule has 1 aromatic carbocycles. The smallest absolute Gasteiger partial charge is 0.410 e. The van der Waals surface area contributed by atoms with Crippen molar-refractivity contribution in [2.24, 2.45) is 0 Å². The largest absolute Gasteiger partial charge is 0.444 e. The zero-order chi connectivity index (χ0) is 24.6. The van der Waals surface area contributed by atoms with E-state index < -0.39 is 5.60 Å². The highest BCUT2D eigenvalue weighted by molar-refractivity contribution is 7.13. The van der Waals surface area contributed by atoms with Crippen molar-refractivity contribution < 1.29 is 13.9 Å². The topological polar surface area (TPSA) is 96.0 Å². The van der Waals surface area contributed by atoms with Gasteiger partial charge in [-0.05, 0) is 57.0 Å². The summed E-state index contributed by atoms with van der Waals surface area (Å²) in [5.41, 5.74) is 5.07. The monoisotopic (exact) mass is 492 g/mol. The normalized spacial score (nSPS) is 14.2. The van der Waals surface area contributed by atoms with Gasteiger partial charge in [-0.25, -0.2) is 19.2 Å². The van der Waals surface area contributed by atoms with Gasteiger partial charge >= 0.3 is 6.09 Å². The summed E-state index contributed by atoms with van der Waals surface area (Å²) in [6, 6.07) is 6.86. The zero-order valence-electron chi connectivity index (χ0n) is 19.6. The first-order chi connectivity index (χ1) is 16.8. The summed E-state index contributed by atoms with van der Waals surface area (Å²) in [4.78, 5) is 31.0. The second-order valence-electron chi connectivity index (χ2n) is 9.26. The van der Waals surface area contributed by atoms with Crippen LogP contribution in [0, 0.1) is 5.82 Å². The molecule has 1 aliphatic heterocycles. The molecule has 0 bridgehead atoms. The second-order valence-corrected chi connectivity index (χ2v) is 10.1. The van der Waals surface area contributed by atoms with Crippen LogP contribution in [0.4, 0.5) is 20.7 Å². The van der Waals surface area contributed by atoms with Crippen molar-refractivity contribution in [3.05, 3.63) is 59.9 Å². The molecule has 3 aromatic heterocycles. The number of ether oxygens (including phenoxy) is 1. The van der Waals surface area contributed by atoms with Crippen molar-refractivity contribution in [2.75, 3.05) is 18.4 Å². The molecule has 2 N–H and O–H groups in total. The molecule has 5 rings (SSSR count). The van der Waals surface area contributed by atoms with Crippen LogP contribution < -0.4 is 5.32 Å². The molecular formula is C25H25FN6O2S. The maximum absolute atomic E-state index is 14.4.